The molecule has 0 aromatic heterocycles. The predicted molar refractivity (Wildman–Crippen MR) is 70.5 cm³/mol. The Balaban J connectivity index is 2.42. The summed E-state index contributed by atoms with van der Waals surface area (Å²) in [5, 5.41) is 0. The number of nitrogens with two attached hydrogens (primary N) is 1. The van der Waals surface area contributed by atoms with E-state index in [1.807, 2.05) is 0 Å². The largest absolute Gasteiger partial charge is 0.457 e. The van der Waals surface area contributed by atoms with Crippen molar-refractivity contribution in [3.05, 3.63) is 58.9 Å². The molecule has 0 unspecified atom stereocenters. The minimum atomic E-state index is -4.77. The molecule has 112 valence electrons. The number of rotatable bonds is 3. The molecule has 0 aliphatic carbocycles. The van der Waals surface area contributed by atoms with Gasteiger partial charge in [0.2, 0.25) is 0 Å². The van der Waals surface area contributed by atoms with E-state index in [1.54, 1.807) is 25.1 Å². The van der Waals surface area contributed by atoms with Gasteiger partial charge in [-0.15, -0.1) is 0 Å². The Labute approximate surface area is 119 Å². The van der Waals surface area contributed by atoms with Crippen LogP contribution in [0.15, 0.2) is 36.4 Å². The second-order valence-corrected chi connectivity index (χ2v) is 4.51. The molecule has 0 bridgehead atoms. The van der Waals surface area contributed by atoms with Crippen molar-refractivity contribution in [1.29, 1.82) is 0 Å². The zero-order valence-corrected chi connectivity index (χ0v) is 11.2. The average molecular weight is 299 g/mol. The average Bonchev–Trinajstić information content (AvgIpc) is 2.41. The Morgan fingerprint density at radius 3 is 2.48 bits per heavy atom. The van der Waals surface area contributed by atoms with Crippen molar-refractivity contribution >= 4 is 0 Å². The highest BCUT2D eigenvalue weighted by molar-refractivity contribution is 5.44. The number of benzene rings is 2. The van der Waals surface area contributed by atoms with Gasteiger partial charge in [-0.05, 0) is 30.7 Å². The second-order valence-electron chi connectivity index (χ2n) is 4.51. The van der Waals surface area contributed by atoms with Crippen molar-refractivity contribution in [3.8, 4) is 11.5 Å². The molecule has 2 rings (SSSR count). The quantitative estimate of drug-likeness (QED) is 0.852. The van der Waals surface area contributed by atoms with Gasteiger partial charge in [0, 0.05) is 12.1 Å². The van der Waals surface area contributed by atoms with E-state index < -0.39 is 17.6 Å². The third-order valence-corrected chi connectivity index (χ3v) is 2.98. The second kappa shape index (κ2) is 5.73. The highest BCUT2D eigenvalue weighted by Gasteiger charge is 2.34. The monoisotopic (exact) mass is 299 g/mol. The summed E-state index contributed by atoms with van der Waals surface area (Å²) < 4.78 is 56.7. The number of para-hydroxylation sites is 1. The van der Waals surface area contributed by atoms with E-state index in [-0.39, 0.29) is 12.3 Å². The number of alkyl halides is 3. The van der Waals surface area contributed by atoms with Gasteiger partial charge in [-0.25, -0.2) is 4.39 Å². The van der Waals surface area contributed by atoms with Gasteiger partial charge in [0.1, 0.15) is 17.3 Å². The van der Waals surface area contributed by atoms with Crippen LogP contribution in [0.4, 0.5) is 17.6 Å². The summed E-state index contributed by atoms with van der Waals surface area (Å²) in [6, 6.07) is 7.77. The maximum Gasteiger partial charge on any atom is 0.419 e. The number of aryl methyl sites for hydroxylation is 1. The molecule has 0 aliphatic heterocycles. The number of ether oxygens (including phenoxy) is 1. The molecular formula is C15H13F4NO. The molecule has 2 nitrogen and oxygen atoms in total. The Morgan fingerprint density at radius 1 is 1.14 bits per heavy atom. The number of hydrogen-bond donors (Lipinski definition) is 1. The molecule has 0 spiro atoms. The van der Waals surface area contributed by atoms with Crippen molar-refractivity contribution in [2.75, 3.05) is 0 Å². The van der Waals surface area contributed by atoms with Gasteiger partial charge in [0.15, 0.2) is 0 Å². The smallest absolute Gasteiger partial charge is 0.419 e. The van der Waals surface area contributed by atoms with Crippen LogP contribution in [0.5, 0.6) is 11.5 Å². The minimum absolute atomic E-state index is 0.0901. The van der Waals surface area contributed by atoms with E-state index in [0.717, 1.165) is 17.7 Å². The van der Waals surface area contributed by atoms with E-state index in [1.165, 1.54) is 0 Å². The molecule has 2 aromatic rings. The van der Waals surface area contributed by atoms with Crippen molar-refractivity contribution in [2.24, 2.45) is 5.73 Å². The van der Waals surface area contributed by atoms with Crippen molar-refractivity contribution in [2.45, 2.75) is 19.6 Å². The fourth-order valence-electron chi connectivity index (χ4n) is 1.92. The third kappa shape index (κ3) is 3.33. The highest BCUT2D eigenvalue weighted by atomic mass is 19.4. The molecule has 2 N–H and O–H groups in total. The molecule has 0 heterocycles. The first kappa shape index (κ1) is 15.3. The standard InChI is InChI=1S/C15H13F4NO/c1-9-3-2-4-10(8-20)14(9)21-11-5-6-13(16)12(7-11)15(17,18)19/h2-7H,8,20H2,1H3. The fourth-order valence-corrected chi connectivity index (χ4v) is 1.92. The minimum Gasteiger partial charge on any atom is -0.457 e. The third-order valence-electron chi connectivity index (χ3n) is 2.98. The molecule has 0 radical (unpaired) electrons. The fraction of sp³-hybridized carbons (Fsp3) is 0.200. The Bertz CT molecular complexity index is 653. The summed E-state index contributed by atoms with van der Waals surface area (Å²) in [7, 11) is 0. The molecule has 2 aromatic carbocycles. The van der Waals surface area contributed by atoms with Crippen LogP contribution in [-0.4, -0.2) is 0 Å². The summed E-state index contributed by atoms with van der Waals surface area (Å²) in [6.45, 7) is 1.94. The predicted octanol–water partition coefficient (Wildman–Crippen LogP) is 4.40. The lowest BCUT2D eigenvalue weighted by Crippen LogP contribution is -2.08. The first-order valence-electron chi connectivity index (χ1n) is 6.16. The number of hydrogen-bond acceptors (Lipinski definition) is 2. The lowest BCUT2D eigenvalue weighted by Gasteiger charge is -2.14. The maximum atomic E-state index is 13.2. The van der Waals surface area contributed by atoms with Gasteiger partial charge in [0.25, 0.3) is 0 Å². The SMILES string of the molecule is Cc1cccc(CN)c1Oc1ccc(F)c(C(F)(F)F)c1. The molecule has 6 heteroatoms. The van der Waals surface area contributed by atoms with Gasteiger partial charge in [0.05, 0.1) is 5.56 Å². The van der Waals surface area contributed by atoms with E-state index >= 15 is 0 Å². The van der Waals surface area contributed by atoms with E-state index in [2.05, 4.69) is 0 Å². The van der Waals surface area contributed by atoms with Gasteiger partial charge >= 0.3 is 6.18 Å². The highest BCUT2D eigenvalue weighted by Crippen LogP contribution is 2.36. The summed E-state index contributed by atoms with van der Waals surface area (Å²) in [6.07, 6.45) is -4.77. The number of halogens is 4. The van der Waals surface area contributed by atoms with E-state index in [0.29, 0.717) is 17.4 Å². The molecule has 0 atom stereocenters. The van der Waals surface area contributed by atoms with Crippen LogP contribution in [0.3, 0.4) is 0 Å². The maximum absolute atomic E-state index is 13.2. The summed E-state index contributed by atoms with van der Waals surface area (Å²) in [5.74, 6) is -1.04. The topological polar surface area (TPSA) is 35.2 Å². The van der Waals surface area contributed by atoms with E-state index in [4.69, 9.17) is 10.5 Å². The van der Waals surface area contributed by atoms with Crippen LogP contribution in [0, 0.1) is 12.7 Å². The van der Waals surface area contributed by atoms with Gasteiger partial charge in [-0.3, -0.25) is 0 Å². The van der Waals surface area contributed by atoms with Crippen molar-refractivity contribution in [1.82, 2.24) is 0 Å². The van der Waals surface area contributed by atoms with Crippen LogP contribution in [0.1, 0.15) is 16.7 Å². The van der Waals surface area contributed by atoms with Crippen LogP contribution < -0.4 is 10.5 Å². The van der Waals surface area contributed by atoms with Crippen LogP contribution in [-0.2, 0) is 12.7 Å². The zero-order valence-electron chi connectivity index (χ0n) is 11.2. The molecule has 0 aliphatic rings. The van der Waals surface area contributed by atoms with Gasteiger partial charge in [-0.1, -0.05) is 18.2 Å². The van der Waals surface area contributed by atoms with Crippen LogP contribution in [0.2, 0.25) is 0 Å². The first-order valence-corrected chi connectivity index (χ1v) is 6.16. The molecule has 0 saturated heterocycles. The van der Waals surface area contributed by atoms with Crippen LogP contribution >= 0.6 is 0 Å². The Hall–Kier alpha value is -2.08. The summed E-state index contributed by atoms with van der Waals surface area (Å²) in [5.41, 5.74) is 5.61. The van der Waals surface area contributed by atoms with Gasteiger partial charge in [-0.2, -0.15) is 13.2 Å². The Morgan fingerprint density at radius 2 is 1.86 bits per heavy atom. The van der Waals surface area contributed by atoms with Crippen molar-refractivity contribution < 1.29 is 22.3 Å². The van der Waals surface area contributed by atoms with Crippen LogP contribution in [0.25, 0.3) is 0 Å². The zero-order chi connectivity index (χ0) is 15.6. The van der Waals surface area contributed by atoms with Gasteiger partial charge < -0.3 is 10.5 Å². The molecular weight excluding hydrogens is 286 g/mol. The Kier molecular flexibility index (Phi) is 4.18. The summed E-state index contributed by atoms with van der Waals surface area (Å²) >= 11 is 0. The normalized spacial score (nSPS) is 11.5. The van der Waals surface area contributed by atoms with Crippen molar-refractivity contribution in [3.63, 3.8) is 0 Å². The molecule has 0 saturated carbocycles. The lowest BCUT2D eigenvalue weighted by atomic mass is 10.1. The lowest BCUT2D eigenvalue weighted by molar-refractivity contribution is -0.140. The molecule has 0 fully saturated rings. The molecule has 0 amide bonds. The van der Waals surface area contributed by atoms with E-state index in [9.17, 15) is 17.6 Å². The first-order chi connectivity index (χ1) is 9.82. The summed E-state index contributed by atoms with van der Waals surface area (Å²) in [4.78, 5) is 0. The molecule has 21 heavy (non-hydrogen) atoms.